The molecule has 1 heterocycles. The smallest absolute Gasteiger partial charge is 0.271 e. The van der Waals surface area contributed by atoms with Crippen molar-refractivity contribution in [1.29, 1.82) is 0 Å². The van der Waals surface area contributed by atoms with E-state index in [-0.39, 0.29) is 11.7 Å². The minimum Gasteiger partial charge on any atom is -0.346 e. The zero-order valence-electron chi connectivity index (χ0n) is 12.0. The first-order chi connectivity index (χ1) is 9.13. The molecule has 1 aromatic rings. The highest BCUT2D eigenvalue weighted by Crippen LogP contribution is 2.14. The van der Waals surface area contributed by atoms with Crippen molar-refractivity contribution >= 4 is 27.1 Å². The maximum atomic E-state index is 12.1. The Balaban J connectivity index is 2.63. The maximum absolute atomic E-state index is 12.1. The normalized spacial score (nSPS) is 12.4. The molecule has 0 aliphatic rings. The van der Waals surface area contributed by atoms with E-state index >= 15 is 0 Å². The van der Waals surface area contributed by atoms with E-state index in [0.717, 1.165) is 5.01 Å². The number of sulfone groups is 1. The average Bonchev–Trinajstić information content (AvgIpc) is 2.74. The third kappa shape index (κ3) is 5.98. The fourth-order valence-electron chi connectivity index (χ4n) is 1.53. The van der Waals surface area contributed by atoms with Gasteiger partial charge in [0.25, 0.3) is 5.91 Å². The van der Waals surface area contributed by atoms with Crippen LogP contribution in [-0.4, -0.2) is 43.4 Å². The molecule has 0 aromatic carbocycles. The van der Waals surface area contributed by atoms with Gasteiger partial charge in [-0.2, -0.15) is 0 Å². The molecule has 0 saturated heterocycles. The van der Waals surface area contributed by atoms with Crippen LogP contribution in [0.15, 0.2) is 5.38 Å². The van der Waals surface area contributed by atoms with Gasteiger partial charge in [-0.05, 0) is 26.8 Å². The van der Waals surface area contributed by atoms with E-state index in [9.17, 15) is 13.2 Å². The summed E-state index contributed by atoms with van der Waals surface area (Å²) in [7, 11) is -3.04. The zero-order valence-corrected chi connectivity index (χ0v) is 13.6. The molecule has 8 heteroatoms. The Hall–Kier alpha value is -0.990. The topological polar surface area (TPSA) is 102 Å². The van der Waals surface area contributed by atoms with Gasteiger partial charge < -0.3 is 11.1 Å². The SMILES string of the molecule is CC(C)(CCS(C)(=O)=O)NC(=O)c1csc(CCN)n1. The molecular formula is C12H21N3O3S2. The summed E-state index contributed by atoms with van der Waals surface area (Å²) in [4.78, 5) is 16.3. The number of nitrogens with two attached hydrogens (primary N) is 1. The first kappa shape index (κ1) is 17.1. The Labute approximate surface area is 123 Å². The van der Waals surface area contributed by atoms with E-state index in [1.807, 2.05) is 0 Å². The maximum Gasteiger partial charge on any atom is 0.271 e. The van der Waals surface area contributed by atoms with E-state index in [1.54, 1.807) is 19.2 Å². The number of hydrogen-bond donors (Lipinski definition) is 2. The molecule has 0 spiro atoms. The summed E-state index contributed by atoms with van der Waals surface area (Å²) in [6, 6.07) is 0. The third-order valence-electron chi connectivity index (χ3n) is 2.69. The van der Waals surface area contributed by atoms with Gasteiger partial charge in [0.15, 0.2) is 0 Å². The number of nitrogens with zero attached hydrogens (tertiary/aromatic N) is 1. The second-order valence-electron chi connectivity index (χ2n) is 5.38. The lowest BCUT2D eigenvalue weighted by molar-refractivity contribution is 0.0907. The highest BCUT2D eigenvalue weighted by molar-refractivity contribution is 7.90. The van der Waals surface area contributed by atoms with Gasteiger partial charge in [0.05, 0.1) is 10.8 Å². The molecule has 0 bridgehead atoms. The molecule has 0 aliphatic carbocycles. The first-order valence-corrected chi connectivity index (χ1v) is 9.22. The van der Waals surface area contributed by atoms with Gasteiger partial charge in [-0.3, -0.25) is 4.79 Å². The van der Waals surface area contributed by atoms with Gasteiger partial charge in [0.2, 0.25) is 0 Å². The van der Waals surface area contributed by atoms with Crippen LogP contribution in [0.25, 0.3) is 0 Å². The highest BCUT2D eigenvalue weighted by atomic mass is 32.2. The van der Waals surface area contributed by atoms with Crippen LogP contribution in [0.4, 0.5) is 0 Å². The molecule has 1 amide bonds. The molecule has 0 radical (unpaired) electrons. The van der Waals surface area contributed by atoms with Crippen LogP contribution in [0.5, 0.6) is 0 Å². The summed E-state index contributed by atoms with van der Waals surface area (Å²) >= 11 is 1.40. The molecule has 0 atom stereocenters. The fourth-order valence-corrected chi connectivity index (χ4v) is 3.20. The number of aromatic nitrogens is 1. The van der Waals surface area contributed by atoms with Crippen LogP contribution in [0.1, 0.15) is 35.8 Å². The van der Waals surface area contributed by atoms with Gasteiger partial charge in [0, 0.05) is 23.6 Å². The van der Waals surface area contributed by atoms with Crippen molar-refractivity contribution in [3.63, 3.8) is 0 Å². The lowest BCUT2D eigenvalue weighted by Crippen LogP contribution is -2.44. The summed E-state index contributed by atoms with van der Waals surface area (Å²) in [6.45, 7) is 4.08. The number of hydrogen-bond acceptors (Lipinski definition) is 6. The van der Waals surface area contributed by atoms with Crippen LogP contribution >= 0.6 is 11.3 Å². The molecule has 0 fully saturated rings. The van der Waals surface area contributed by atoms with Crippen molar-refractivity contribution in [3.05, 3.63) is 16.1 Å². The summed E-state index contributed by atoms with van der Waals surface area (Å²) < 4.78 is 22.3. The standard InChI is InChI=1S/C12H21N3O3S2/c1-12(2,5-7-20(3,17)18)15-11(16)9-8-19-10(14-9)4-6-13/h8H,4-7,13H2,1-3H3,(H,15,16). The predicted molar refractivity (Wildman–Crippen MR) is 80.7 cm³/mol. The minimum absolute atomic E-state index is 0.0375. The number of thiazole rings is 1. The molecule has 0 aliphatic heterocycles. The average molecular weight is 319 g/mol. The van der Waals surface area contributed by atoms with Crippen LogP contribution in [0, 0.1) is 0 Å². The van der Waals surface area contributed by atoms with E-state index in [0.29, 0.717) is 25.1 Å². The van der Waals surface area contributed by atoms with Crippen molar-refractivity contribution in [1.82, 2.24) is 10.3 Å². The van der Waals surface area contributed by atoms with Crippen LogP contribution < -0.4 is 11.1 Å². The van der Waals surface area contributed by atoms with Gasteiger partial charge in [-0.15, -0.1) is 11.3 Å². The molecule has 20 heavy (non-hydrogen) atoms. The van der Waals surface area contributed by atoms with Crippen molar-refractivity contribution in [2.24, 2.45) is 5.73 Å². The Kier molecular flexibility index (Phi) is 5.67. The molecular weight excluding hydrogens is 298 g/mol. The number of carbonyl (C=O) groups excluding carboxylic acids is 1. The van der Waals surface area contributed by atoms with Gasteiger partial charge >= 0.3 is 0 Å². The Morgan fingerprint density at radius 3 is 2.70 bits per heavy atom. The molecule has 1 rings (SSSR count). The first-order valence-electron chi connectivity index (χ1n) is 6.28. The second kappa shape index (κ2) is 6.64. The van der Waals surface area contributed by atoms with E-state index in [1.165, 1.54) is 17.6 Å². The van der Waals surface area contributed by atoms with Crippen molar-refractivity contribution in [2.75, 3.05) is 18.6 Å². The van der Waals surface area contributed by atoms with Crippen LogP contribution in [-0.2, 0) is 16.3 Å². The van der Waals surface area contributed by atoms with Crippen molar-refractivity contribution in [3.8, 4) is 0 Å². The quantitative estimate of drug-likeness (QED) is 0.765. The molecule has 0 saturated carbocycles. The summed E-state index contributed by atoms with van der Waals surface area (Å²) in [5.41, 5.74) is 5.19. The molecule has 114 valence electrons. The summed E-state index contributed by atoms with van der Waals surface area (Å²) in [6.07, 6.45) is 2.19. The summed E-state index contributed by atoms with van der Waals surface area (Å²) in [5, 5.41) is 5.32. The second-order valence-corrected chi connectivity index (χ2v) is 8.59. The Morgan fingerprint density at radius 2 is 2.15 bits per heavy atom. The number of nitrogens with one attached hydrogen (secondary N) is 1. The van der Waals surface area contributed by atoms with Gasteiger partial charge in [0.1, 0.15) is 15.5 Å². The molecule has 6 nitrogen and oxygen atoms in total. The lowest BCUT2D eigenvalue weighted by atomic mass is 10.0. The van der Waals surface area contributed by atoms with E-state index in [4.69, 9.17) is 5.73 Å². The van der Waals surface area contributed by atoms with E-state index in [2.05, 4.69) is 10.3 Å². The Bertz CT molecular complexity index is 564. The minimum atomic E-state index is -3.04. The summed E-state index contributed by atoms with van der Waals surface area (Å²) in [5.74, 6) is -0.251. The molecule has 0 unspecified atom stereocenters. The number of amides is 1. The van der Waals surface area contributed by atoms with Crippen LogP contribution in [0.3, 0.4) is 0 Å². The lowest BCUT2D eigenvalue weighted by Gasteiger charge is -2.25. The van der Waals surface area contributed by atoms with Gasteiger partial charge in [-0.25, -0.2) is 13.4 Å². The van der Waals surface area contributed by atoms with Crippen molar-refractivity contribution < 1.29 is 13.2 Å². The monoisotopic (exact) mass is 319 g/mol. The predicted octanol–water partition coefficient (Wildman–Crippen LogP) is 0.587. The largest absolute Gasteiger partial charge is 0.346 e. The van der Waals surface area contributed by atoms with Gasteiger partial charge in [-0.1, -0.05) is 0 Å². The van der Waals surface area contributed by atoms with Crippen molar-refractivity contribution in [2.45, 2.75) is 32.2 Å². The third-order valence-corrected chi connectivity index (χ3v) is 4.55. The molecule has 1 aromatic heterocycles. The number of carbonyl (C=O) groups is 1. The fraction of sp³-hybridized carbons (Fsp3) is 0.667. The van der Waals surface area contributed by atoms with E-state index < -0.39 is 15.4 Å². The highest BCUT2D eigenvalue weighted by Gasteiger charge is 2.24. The Morgan fingerprint density at radius 1 is 1.50 bits per heavy atom. The number of rotatable bonds is 7. The molecule has 3 N–H and O–H groups in total. The zero-order chi connectivity index (χ0) is 15.4. The van der Waals surface area contributed by atoms with Crippen LogP contribution in [0.2, 0.25) is 0 Å².